The maximum Gasteiger partial charge on any atom is 0.306 e. The van der Waals surface area contributed by atoms with E-state index in [-0.39, 0.29) is 24.2 Å². The summed E-state index contributed by atoms with van der Waals surface area (Å²) >= 11 is 7.38. The molecule has 0 unspecified atom stereocenters. The number of hydrogen-bond donors (Lipinski definition) is 0. The predicted octanol–water partition coefficient (Wildman–Crippen LogP) is 3.79. The van der Waals surface area contributed by atoms with Crippen molar-refractivity contribution < 1.29 is 17.4 Å². The molecule has 0 saturated heterocycles. The smallest absolute Gasteiger partial charge is 0.306 e. The highest BCUT2D eigenvalue weighted by molar-refractivity contribution is 7.86. The van der Waals surface area contributed by atoms with E-state index in [0.29, 0.717) is 15.5 Å². The first-order valence-electron chi connectivity index (χ1n) is 7.19. The minimum Gasteiger partial charge on any atom is -0.382 e. The molecule has 1 amide bonds. The third-order valence-electron chi connectivity index (χ3n) is 3.22. The Morgan fingerprint density at radius 2 is 2.04 bits per heavy atom. The summed E-state index contributed by atoms with van der Waals surface area (Å²) < 4.78 is 27.9. The number of hydrogen-bond acceptors (Lipinski definition) is 5. The molecule has 2 rings (SSSR count). The number of thiophene rings is 1. The van der Waals surface area contributed by atoms with E-state index in [9.17, 15) is 13.2 Å². The van der Waals surface area contributed by atoms with E-state index in [1.165, 1.54) is 17.4 Å². The van der Waals surface area contributed by atoms with Crippen molar-refractivity contribution in [1.82, 2.24) is 4.90 Å². The average Bonchev–Trinajstić information content (AvgIpc) is 2.99. The van der Waals surface area contributed by atoms with Gasteiger partial charge >= 0.3 is 10.1 Å². The summed E-state index contributed by atoms with van der Waals surface area (Å²) in [4.78, 5) is 14.9. The second-order valence-corrected chi connectivity index (χ2v) is 8.50. The van der Waals surface area contributed by atoms with Crippen molar-refractivity contribution in [3.8, 4) is 5.75 Å². The molecule has 0 aliphatic heterocycles. The van der Waals surface area contributed by atoms with Crippen LogP contribution in [0.2, 0.25) is 5.02 Å². The Hall–Kier alpha value is -1.57. The average molecular weight is 388 g/mol. The normalized spacial score (nSPS) is 11.5. The maximum atomic E-state index is 12.7. The van der Waals surface area contributed by atoms with Crippen LogP contribution in [0.4, 0.5) is 0 Å². The third-order valence-corrected chi connectivity index (χ3v) is 4.80. The molecule has 0 aliphatic carbocycles. The summed E-state index contributed by atoms with van der Waals surface area (Å²) in [6, 6.07) is 8.14. The largest absolute Gasteiger partial charge is 0.382 e. The predicted molar refractivity (Wildman–Crippen MR) is 96.3 cm³/mol. The molecule has 1 aromatic heterocycles. The lowest BCUT2D eigenvalue weighted by Crippen LogP contribution is -2.36. The van der Waals surface area contributed by atoms with Crippen LogP contribution in [0.15, 0.2) is 35.7 Å². The molecule has 1 aromatic carbocycles. The molecule has 0 radical (unpaired) electrons. The highest BCUT2D eigenvalue weighted by Crippen LogP contribution is 2.27. The fraction of sp³-hybridized carbons (Fsp3) is 0.312. The Bertz CT molecular complexity index is 817. The van der Waals surface area contributed by atoms with Crippen molar-refractivity contribution in [2.24, 2.45) is 0 Å². The fourth-order valence-corrected chi connectivity index (χ4v) is 3.49. The van der Waals surface area contributed by atoms with Gasteiger partial charge in [0.1, 0.15) is 5.75 Å². The molecule has 0 fully saturated rings. The van der Waals surface area contributed by atoms with Crippen molar-refractivity contribution >= 4 is 39.0 Å². The van der Waals surface area contributed by atoms with Crippen LogP contribution >= 0.6 is 22.9 Å². The van der Waals surface area contributed by atoms with Crippen LogP contribution in [0.5, 0.6) is 5.75 Å². The van der Waals surface area contributed by atoms with Gasteiger partial charge in [0.2, 0.25) is 0 Å². The molecule has 0 aliphatic rings. The van der Waals surface area contributed by atoms with Crippen LogP contribution < -0.4 is 4.18 Å². The summed E-state index contributed by atoms with van der Waals surface area (Å²) in [6.07, 6.45) is 0.975. The lowest BCUT2D eigenvalue weighted by molar-refractivity contribution is 0.0695. The van der Waals surface area contributed by atoms with Crippen LogP contribution in [-0.2, 0) is 16.7 Å². The molecule has 0 bridgehead atoms. The van der Waals surface area contributed by atoms with Gasteiger partial charge in [-0.15, -0.1) is 11.3 Å². The maximum absolute atomic E-state index is 12.7. The van der Waals surface area contributed by atoms with Crippen molar-refractivity contribution in [1.29, 1.82) is 0 Å². The molecule has 0 atom stereocenters. The zero-order valence-corrected chi connectivity index (χ0v) is 15.9. The number of halogens is 1. The number of benzene rings is 1. The van der Waals surface area contributed by atoms with Crippen molar-refractivity contribution in [3.05, 3.63) is 51.2 Å². The van der Waals surface area contributed by atoms with Gasteiger partial charge in [-0.3, -0.25) is 4.79 Å². The molecule has 1 heterocycles. The molecule has 0 spiro atoms. The monoisotopic (exact) mass is 387 g/mol. The quantitative estimate of drug-likeness (QED) is 0.707. The van der Waals surface area contributed by atoms with Crippen LogP contribution in [0.25, 0.3) is 0 Å². The lowest BCUT2D eigenvalue weighted by atomic mass is 10.1. The van der Waals surface area contributed by atoms with Gasteiger partial charge in [0, 0.05) is 16.6 Å². The van der Waals surface area contributed by atoms with Crippen molar-refractivity contribution in [2.75, 3.05) is 6.26 Å². The molecule has 5 nitrogen and oxygen atoms in total. The third kappa shape index (κ3) is 4.96. The van der Waals surface area contributed by atoms with E-state index in [0.717, 1.165) is 6.26 Å². The summed E-state index contributed by atoms with van der Waals surface area (Å²) in [5.74, 6) is 0.0526. The molecule has 0 N–H and O–H groups in total. The lowest BCUT2D eigenvalue weighted by Gasteiger charge is -2.27. The van der Waals surface area contributed by atoms with Crippen LogP contribution in [0, 0.1) is 0 Å². The van der Waals surface area contributed by atoms with E-state index in [1.54, 1.807) is 23.1 Å². The first-order chi connectivity index (χ1) is 11.2. The van der Waals surface area contributed by atoms with Crippen LogP contribution in [0.3, 0.4) is 0 Å². The Morgan fingerprint density at radius 3 is 2.58 bits per heavy atom. The molecular formula is C16H18ClNO4S2. The summed E-state index contributed by atoms with van der Waals surface area (Å²) in [7, 11) is -3.68. The summed E-state index contributed by atoms with van der Waals surface area (Å²) in [5.41, 5.74) is 0.534. The molecule has 2 aromatic rings. The van der Waals surface area contributed by atoms with E-state index in [2.05, 4.69) is 0 Å². The molecule has 130 valence electrons. The van der Waals surface area contributed by atoms with Crippen molar-refractivity contribution in [2.45, 2.75) is 26.4 Å². The Labute approximate surface area is 150 Å². The first-order valence-corrected chi connectivity index (χ1v) is 10.3. The number of rotatable bonds is 6. The second-order valence-electron chi connectivity index (χ2n) is 5.54. The minimum absolute atomic E-state index is 0.0790. The summed E-state index contributed by atoms with van der Waals surface area (Å²) in [6.45, 7) is 3.99. The molecular weight excluding hydrogens is 370 g/mol. The standard InChI is InChI=1S/C16H18ClNO4S2/c1-11(2)18(16(19)15-5-4-8-23-15)10-12-9-13(17)6-7-14(12)22-24(3,20)21/h4-9,11H,10H2,1-3H3. The van der Waals surface area contributed by atoms with E-state index >= 15 is 0 Å². The second kappa shape index (κ2) is 7.55. The number of carbonyl (C=O) groups is 1. The highest BCUT2D eigenvalue weighted by atomic mass is 35.5. The van der Waals surface area contributed by atoms with Gasteiger partial charge in [0.25, 0.3) is 5.91 Å². The zero-order chi connectivity index (χ0) is 17.9. The van der Waals surface area contributed by atoms with Crippen molar-refractivity contribution in [3.63, 3.8) is 0 Å². The van der Waals surface area contributed by atoms with Crippen LogP contribution in [-0.4, -0.2) is 31.5 Å². The Morgan fingerprint density at radius 1 is 1.33 bits per heavy atom. The van der Waals surface area contributed by atoms with Gasteiger partial charge in [-0.1, -0.05) is 17.7 Å². The number of nitrogens with zero attached hydrogens (tertiary/aromatic N) is 1. The highest BCUT2D eigenvalue weighted by Gasteiger charge is 2.22. The fourth-order valence-electron chi connectivity index (χ4n) is 2.13. The topological polar surface area (TPSA) is 63.7 Å². The van der Waals surface area contributed by atoms with E-state index < -0.39 is 10.1 Å². The van der Waals surface area contributed by atoms with Gasteiger partial charge in [0.15, 0.2) is 0 Å². The molecule has 0 saturated carbocycles. The zero-order valence-electron chi connectivity index (χ0n) is 13.5. The number of carbonyl (C=O) groups excluding carboxylic acids is 1. The SMILES string of the molecule is CC(C)N(Cc1cc(Cl)ccc1OS(C)(=O)=O)C(=O)c1cccs1. The molecule has 8 heteroatoms. The number of amides is 1. The Kier molecular flexibility index (Phi) is 5.90. The van der Waals surface area contributed by atoms with Gasteiger partial charge < -0.3 is 9.08 Å². The van der Waals surface area contributed by atoms with E-state index in [4.69, 9.17) is 15.8 Å². The van der Waals surface area contributed by atoms with Gasteiger partial charge in [-0.05, 0) is 43.5 Å². The van der Waals surface area contributed by atoms with Crippen LogP contribution in [0.1, 0.15) is 29.1 Å². The summed E-state index contributed by atoms with van der Waals surface area (Å²) in [5, 5.41) is 2.28. The molecule has 24 heavy (non-hydrogen) atoms. The van der Waals surface area contributed by atoms with Gasteiger partial charge in [-0.2, -0.15) is 8.42 Å². The van der Waals surface area contributed by atoms with E-state index in [1.807, 2.05) is 25.3 Å². The Balaban J connectivity index is 2.35. The van der Waals surface area contributed by atoms with Gasteiger partial charge in [-0.25, -0.2) is 0 Å². The van der Waals surface area contributed by atoms with Gasteiger partial charge in [0.05, 0.1) is 17.7 Å². The first kappa shape index (κ1) is 18.8. The minimum atomic E-state index is -3.68.